The van der Waals surface area contributed by atoms with Crippen molar-refractivity contribution in [3.05, 3.63) is 68.4 Å². The Labute approximate surface area is 219 Å². The zero-order valence-electron chi connectivity index (χ0n) is 21.7. The van der Waals surface area contributed by atoms with Gasteiger partial charge in [-0.2, -0.15) is 0 Å². The number of rotatable bonds is 9. The van der Waals surface area contributed by atoms with Crippen LogP contribution >= 0.6 is 0 Å². The molecule has 1 aliphatic rings. The third kappa shape index (κ3) is 5.95. The van der Waals surface area contributed by atoms with Gasteiger partial charge in [-0.25, -0.2) is 14.4 Å². The standard InChI is InChI=1S/C27H33N5O6/c1-18-20(25(34)35)7-6-8-22(18)29-26(36)28-19-9-10-23-21(17-19)24(33)32(15-16-38-2)27(37)31(23)14-13-30-11-4-3-5-12-30/h6-10,17H,3-5,11-16H2,1-2H3,(H,34,35)(H2,28,29,36). The van der Waals surface area contributed by atoms with Gasteiger partial charge in [0.15, 0.2) is 0 Å². The number of fused-ring (bicyclic) bond motifs is 1. The number of piperidine rings is 1. The molecule has 1 aliphatic heterocycles. The van der Waals surface area contributed by atoms with Crippen molar-refractivity contribution in [2.45, 2.75) is 39.3 Å². The summed E-state index contributed by atoms with van der Waals surface area (Å²) in [6, 6.07) is 8.89. The van der Waals surface area contributed by atoms with E-state index in [1.807, 2.05) is 0 Å². The van der Waals surface area contributed by atoms with Gasteiger partial charge in [-0.3, -0.25) is 13.9 Å². The number of hydrogen-bond acceptors (Lipinski definition) is 6. The molecule has 1 fully saturated rings. The van der Waals surface area contributed by atoms with Gasteiger partial charge in [0.25, 0.3) is 5.56 Å². The molecule has 2 amide bonds. The molecule has 11 nitrogen and oxygen atoms in total. The van der Waals surface area contributed by atoms with Crippen LogP contribution in [0.2, 0.25) is 0 Å². The average Bonchev–Trinajstić information content (AvgIpc) is 2.90. The first-order valence-corrected chi connectivity index (χ1v) is 12.7. The number of carboxylic acids is 1. The topological polar surface area (TPSA) is 135 Å². The van der Waals surface area contributed by atoms with Gasteiger partial charge in [0.1, 0.15) is 0 Å². The summed E-state index contributed by atoms with van der Waals surface area (Å²) in [4.78, 5) is 53.0. The molecule has 1 aromatic heterocycles. The van der Waals surface area contributed by atoms with Crippen LogP contribution in [0.25, 0.3) is 10.9 Å². The number of nitrogens with one attached hydrogen (secondary N) is 2. The average molecular weight is 524 g/mol. The van der Waals surface area contributed by atoms with E-state index in [2.05, 4.69) is 15.5 Å². The first-order chi connectivity index (χ1) is 18.3. The maximum Gasteiger partial charge on any atom is 0.336 e. The van der Waals surface area contributed by atoms with Crippen LogP contribution in [-0.2, 0) is 17.8 Å². The fourth-order valence-corrected chi connectivity index (χ4v) is 4.81. The summed E-state index contributed by atoms with van der Waals surface area (Å²) < 4.78 is 7.90. The Kier molecular flexibility index (Phi) is 8.59. The molecule has 0 saturated carbocycles. The number of methoxy groups -OCH3 is 1. The monoisotopic (exact) mass is 523 g/mol. The highest BCUT2D eigenvalue weighted by Gasteiger charge is 2.17. The molecule has 0 bridgehead atoms. The molecular weight excluding hydrogens is 490 g/mol. The van der Waals surface area contributed by atoms with Gasteiger partial charge < -0.3 is 25.4 Å². The van der Waals surface area contributed by atoms with Crippen molar-refractivity contribution in [1.82, 2.24) is 14.0 Å². The molecule has 3 aromatic rings. The number of benzene rings is 2. The smallest absolute Gasteiger partial charge is 0.336 e. The van der Waals surface area contributed by atoms with E-state index < -0.39 is 17.6 Å². The van der Waals surface area contributed by atoms with Crippen LogP contribution in [-0.4, -0.2) is 64.5 Å². The highest BCUT2D eigenvalue weighted by atomic mass is 16.5. The van der Waals surface area contributed by atoms with Crippen LogP contribution in [0.3, 0.4) is 0 Å². The van der Waals surface area contributed by atoms with Gasteiger partial charge in [0.2, 0.25) is 0 Å². The predicted octanol–water partition coefficient (Wildman–Crippen LogP) is 2.95. The molecule has 38 heavy (non-hydrogen) atoms. The Morgan fingerprint density at radius 2 is 1.74 bits per heavy atom. The molecule has 0 unspecified atom stereocenters. The zero-order valence-corrected chi connectivity index (χ0v) is 21.7. The molecule has 0 aliphatic carbocycles. The number of urea groups is 1. The third-order valence-corrected chi connectivity index (χ3v) is 6.90. The molecule has 0 radical (unpaired) electrons. The molecule has 2 heterocycles. The number of aromatic nitrogens is 2. The Morgan fingerprint density at radius 1 is 0.974 bits per heavy atom. The van der Waals surface area contributed by atoms with Gasteiger partial charge in [-0.1, -0.05) is 12.5 Å². The maximum absolute atomic E-state index is 13.3. The molecule has 1 saturated heterocycles. The van der Waals surface area contributed by atoms with Crippen LogP contribution < -0.4 is 21.9 Å². The highest BCUT2D eigenvalue weighted by molar-refractivity contribution is 6.02. The third-order valence-electron chi connectivity index (χ3n) is 6.90. The van der Waals surface area contributed by atoms with Crippen LogP contribution in [0.15, 0.2) is 46.0 Å². The van der Waals surface area contributed by atoms with Crippen molar-refractivity contribution in [1.29, 1.82) is 0 Å². The van der Waals surface area contributed by atoms with E-state index in [1.165, 1.54) is 24.2 Å². The van der Waals surface area contributed by atoms with Crippen molar-refractivity contribution in [2.24, 2.45) is 0 Å². The second-order valence-electron chi connectivity index (χ2n) is 9.38. The van der Waals surface area contributed by atoms with Crippen molar-refractivity contribution in [3.8, 4) is 0 Å². The number of hydrogen-bond donors (Lipinski definition) is 3. The van der Waals surface area contributed by atoms with E-state index in [0.717, 1.165) is 25.9 Å². The van der Waals surface area contributed by atoms with Gasteiger partial charge in [-0.05, 0) is 68.8 Å². The summed E-state index contributed by atoms with van der Waals surface area (Å²) in [6.45, 7) is 5.07. The fourth-order valence-electron chi connectivity index (χ4n) is 4.81. The van der Waals surface area contributed by atoms with E-state index in [1.54, 1.807) is 41.8 Å². The summed E-state index contributed by atoms with van der Waals surface area (Å²) in [5, 5.41) is 15.0. The number of ether oxygens (including phenoxy) is 1. The minimum Gasteiger partial charge on any atom is -0.478 e. The summed E-state index contributed by atoms with van der Waals surface area (Å²) >= 11 is 0. The SMILES string of the molecule is COCCn1c(=O)c2cc(NC(=O)Nc3cccc(C(=O)O)c3C)ccc2n(CCN2CCCCC2)c1=O. The highest BCUT2D eigenvalue weighted by Crippen LogP contribution is 2.20. The van der Waals surface area contributed by atoms with Crippen LogP contribution in [0.1, 0.15) is 35.2 Å². The number of amides is 2. The second-order valence-corrected chi connectivity index (χ2v) is 9.38. The van der Waals surface area contributed by atoms with E-state index in [-0.39, 0.29) is 24.4 Å². The molecule has 0 atom stereocenters. The quantitative estimate of drug-likeness (QED) is 0.392. The van der Waals surface area contributed by atoms with Gasteiger partial charge in [0, 0.05) is 31.6 Å². The summed E-state index contributed by atoms with van der Waals surface area (Å²) in [5.74, 6) is -1.09. The van der Waals surface area contributed by atoms with Crippen LogP contribution in [0.5, 0.6) is 0 Å². The summed E-state index contributed by atoms with van der Waals surface area (Å²) in [5.41, 5.74) is 0.895. The van der Waals surface area contributed by atoms with Gasteiger partial charge in [0.05, 0.1) is 29.6 Å². The number of carboxylic acid groups (broad SMARTS) is 1. The molecular formula is C27H33N5O6. The van der Waals surface area contributed by atoms with E-state index in [4.69, 9.17) is 4.74 Å². The predicted molar refractivity (Wildman–Crippen MR) is 145 cm³/mol. The first-order valence-electron chi connectivity index (χ1n) is 12.7. The lowest BCUT2D eigenvalue weighted by Gasteiger charge is -2.27. The van der Waals surface area contributed by atoms with Gasteiger partial charge >= 0.3 is 17.7 Å². The zero-order chi connectivity index (χ0) is 27.2. The number of carbonyl (C=O) groups excluding carboxylic acids is 1. The Bertz CT molecular complexity index is 1450. The summed E-state index contributed by atoms with van der Waals surface area (Å²) in [7, 11) is 1.51. The van der Waals surface area contributed by atoms with Crippen molar-refractivity contribution in [2.75, 3.05) is 44.0 Å². The van der Waals surface area contributed by atoms with E-state index in [0.29, 0.717) is 40.9 Å². The fraction of sp³-hybridized carbons (Fsp3) is 0.407. The van der Waals surface area contributed by atoms with Crippen molar-refractivity contribution in [3.63, 3.8) is 0 Å². The van der Waals surface area contributed by atoms with Gasteiger partial charge in [-0.15, -0.1) is 0 Å². The molecule has 4 rings (SSSR count). The molecule has 0 spiro atoms. The minimum absolute atomic E-state index is 0.0904. The lowest BCUT2D eigenvalue weighted by molar-refractivity contribution is 0.0696. The second kappa shape index (κ2) is 12.1. The largest absolute Gasteiger partial charge is 0.478 e. The molecule has 11 heteroatoms. The number of nitrogens with zero attached hydrogens (tertiary/aromatic N) is 3. The Morgan fingerprint density at radius 3 is 2.45 bits per heavy atom. The number of carbonyl (C=O) groups is 2. The lowest BCUT2D eigenvalue weighted by atomic mass is 10.1. The molecule has 2 aromatic carbocycles. The number of likely N-dealkylation sites (tertiary alicyclic amines) is 1. The van der Waals surface area contributed by atoms with E-state index in [9.17, 15) is 24.3 Å². The van der Waals surface area contributed by atoms with Crippen LogP contribution in [0.4, 0.5) is 16.2 Å². The molecule has 3 N–H and O–H groups in total. The lowest BCUT2D eigenvalue weighted by Crippen LogP contribution is -2.43. The normalized spacial score (nSPS) is 13.9. The number of anilines is 2. The minimum atomic E-state index is -1.09. The summed E-state index contributed by atoms with van der Waals surface area (Å²) in [6.07, 6.45) is 3.50. The molecule has 202 valence electrons. The maximum atomic E-state index is 13.3. The van der Waals surface area contributed by atoms with Crippen LogP contribution in [0, 0.1) is 6.92 Å². The Hall–Kier alpha value is -3.96. The van der Waals surface area contributed by atoms with E-state index >= 15 is 0 Å². The Balaban J connectivity index is 1.63. The number of aromatic carboxylic acids is 1. The first kappa shape index (κ1) is 27.1. The van der Waals surface area contributed by atoms with Crippen molar-refractivity contribution < 1.29 is 19.4 Å². The van der Waals surface area contributed by atoms with Crippen molar-refractivity contribution >= 4 is 34.3 Å².